The zero-order valence-electron chi connectivity index (χ0n) is 19.4. The van der Waals surface area contributed by atoms with Crippen molar-refractivity contribution in [2.24, 2.45) is 0 Å². The number of ether oxygens (including phenoxy) is 1. The van der Waals surface area contributed by atoms with Crippen LogP contribution >= 0.6 is 11.8 Å². The fourth-order valence-corrected chi connectivity index (χ4v) is 5.37. The normalized spacial score (nSPS) is 21.4. The molecule has 3 N–H and O–H groups in total. The summed E-state index contributed by atoms with van der Waals surface area (Å²) in [5.41, 5.74) is 2.30. The van der Waals surface area contributed by atoms with E-state index in [4.69, 9.17) is 4.74 Å². The SMILES string of the molecule is COc1ccc2nccc([C@@H](O)CN3CCC(NCc4ccc5c(n4)NC(=O)CS5)C(F)C3)c2c1. The van der Waals surface area contributed by atoms with Gasteiger partial charge in [-0.2, -0.15) is 0 Å². The standard InChI is InChI=1S/C25H28FN5O3S/c1-34-16-3-4-20-18(10-16)17(6-8-27-20)22(32)13-31-9-7-21(19(26)12-31)28-11-15-2-5-23-25(29-15)30-24(33)14-35-23/h2-6,8,10,19,21-22,28,32H,7,9,11-14H2,1H3,(H,29,30,33)/t19?,21?,22-/m0/s1. The van der Waals surface area contributed by atoms with E-state index < -0.39 is 12.3 Å². The molecule has 0 spiro atoms. The van der Waals surface area contributed by atoms with Crippen LogP contribution in [0.1, 0.15) is 23.8 Å². The number of benzene rings is 1. The van der Waals surface area contributed by atoms with Crippen LogP contribution in [0.15, 0.2) is 47.5 Å². The Hall–Kier alpha value is -2.79. The number of aromatic nitrogens is 2. The molecule has 1 amide bonds. The molecule has 8 nitrogen and oxygen atoms in total. The highest BCUT2D eigenvalue weighted by Gasteiger charge is 2.30. The molecule has 2 aliphatic rings. The highest BCUT2D eigenvalue weighted by Crippen LogP contribution is 2.30. The molecule has 2 unspecified atom stereocenters. The van der Waals surface area contributed by atoms with E-state index in [2.05, 4.69) is 20.6 Å². The zero-order valence-corrected chi connectivity index (χ0v) is 20.2. The molecule has 10 heteroatoms. The molecule has 0 aliphatic carbocycles. The summed E-state index contributed by atoms with van der Waals surface area (Å²) in [6.45, 7) is 1.68. The van der Waals surface area contributed by atoms with Crippen molar-refractivity contribution in [1.29, 1.82) is 0 Å². The van der Waals surface area contributed by atoms with Crippen molar-refractivity contribution in [3.8, 4) is 5.75 Å². The van der Waals surface area contributed by atoms with Crippen LogP contribution in [0.25, 0.3) is 10.9 Å². The molecular weight excluding hydrogens is 469 g/mol. The summed E-state index contributed by atoms with van der Waals surface area (Å²) in [6.07, 6.45) is 0.464. The number of carbonyl (C=O) groups excluding carboxylic acids is 1. The minimum Gasteiger partial charge on any atom is -0.497 e. The number of hydrogen-bond donors (Lipinski definition) is 3. The Kier molecular flexibility index (Phi) is 7.14. The zero-order chi connectivity index (χ0) is 24.4. The lowest BCUT2D eigenvalue weighted by atomic mass is 10.00. The number of pyridine rings is 2. The predicted octanol–water partition coefficient (Wildman–Crippen LogP) is 2.92. The first-order valence-corrected chi connectivity index (χ1v) is 12.6. The Labute approximate surface area is 207 Å². The lowest BCUT2D eigenvalue weighted by Gasteiger charge is -2.36. The number of rotatable bonds is 7. The Morgan fingerprint density at radius 3 is 3.06 bits per heavy atom. The number of thioether (sulfide) groups is 1. The third-order valence-electron chi connectivity index (χ3n) is 6.48. The Balaban J connectivity index is 1.17. The first kappa shape index (κ1) is 23.9. The number of β-amino-alcohol motifs (C(OH)–C–C–N with tert-alkyl or cyclic N) is 1. The topological polar surface area (TPSA) is 99.6 Å². The summed E-state index contributed by atoms with van der Waals surface area (Å²) < 4.78 is 20.4. The average molecular weight is 498 g/mol. The van der Waals surface area contributed by atoms with Crippen molar-refractivity contribution < 1.29 is 19.0 Å². The summed E-state index contributed by atoms with van der Waals surface area (Å²) >= 11 is 1.47. The van der Waals surface area contributed by atoms with Gasteiger partial charge in [0.2, 0.25) is 5.91 Å². The van der Waals surface area contributed by atoms with Gasteiger partial charge in [-0.15, -0.1) is 11.8 Å². The van der Waals surface area contributed by atoms with Crippen molar-refractivity contribution >= 4 is 34.4 Å². The van der Waals surface area contributed by atoms with E-state index in [1.165, 1.54) is 11.8 Å². The van der Waals surface area contributed by atoms with Gasteiger partial charge in [0, 0.05) is 37.3 Å². The van der Waals surface area contributed by atoms with E-state index in [0.29, 0.717) is 43.4 Å². The minimum atomic E-state index is -1.07. The van der Waals surface area contributed by atoms with Gasteiger partial charge in [-0.3, -0.25) is 14.7 Å². The van der Waals surface area contributed by atoms with Crippen LogP contribution in [0.3, 0.4) is 0 Å². The Bertz CT molecular complexity index is 1230. The van der Waals surface area contributed by atoms with Gasteiger partial charge in [-0.05, 0) is 54.9 Å². The molecule has 0 bridgehead atoms. The number of nitrogens with one attached hydrogen (secondary N) is 2. The molecule has 1 fully saturated rings. The summed E-state index contributed by atoms with van der Waals surface area (Å²) in [7, 11) is 1.60. The number of methoxy groups -OCH3 is 1. The van der Waals surface area contributed by atoms with Crippen LogP contribution in [0.2, 0.25) is 0 Å². The van der Waals surface area contributed by atoms with Crippen LogP contribution in [-0.4, -0.2) is 70.6 Å². The quantitative estimate of drug-likeness (QED) is 0.458. The van der Waals surface area contributed by atoms with Gasteiger partial charge >= 0.3 is 0 Å². The number of anilines is 1. The number of piperidine rings is 1. The number of carbonyl (C=O) groups is 1. The Morgan fingerprint density at radius 2 is 2.23 bits per heavy atom. The summed E-state index contributed by atoms with van der Waals surface area (Å²) in [6, 6.07) is 10.9. The molecule has 35 heavy (non-hydrogen) atoms. The number of aliphatic hydroxyl groups excluding tert-OH is 1. The van der Waals surface area contributed by atoms with Gasteiger partial charge in [0.15, 0.2) is 0 Å². The first-order chi connectivity index (χ1) is 17.0. The van der Waals surface area contributed by atoms with Gasteiger partial charge in [0.05, 0.1) is 35.1 Å². The smallest absolute Gasteiger partial charge is 0.235 e. The third-order valence-corrected chi connectivity index (χ3v) is 7.52. The summed E-state index contributed by atoms with van der Waals surface area (Å²) in [4.78, 5) is 23.4. The van der Waals surface area contributed by atoms with Gasteiger partial charge < -0.3 is 20.5 Å². The first-order valence-electron chi connectivity index (χ1n) is 11.6. The van der Waals surface area contributed by atoms with Gasteiger partial charge in [0.25, 0.3) is 0 Å². The number of nitrogens with zero attached hydrogens (tertiary/aromatic N) is 3. The van der Waals surface area contributed by atoms with E-state index in [-0.39, 0.29) is 18.5 Å². The van der Waals surface area contributed by atoms with Crippen LogP contribution in [-0.2, 0) is 11.3 Å². The molecule has 1 aromatic carbocycles. The maximum Gasteiger partial charge on any atom is 0.235 e. The van der Waals surface area contributed by atoms with Crippen molar-refractivity contribution in [3.63, 3.8) is 0 Å². The number of fused-ring (bicyclic) bond motifs is 2. The number of hydrogen-bond acceptors (Lipinski definition) is 8. The summed E-state index contributed by atoms with van der Waals surface area (Å²) in [5, 5.41) is 17.9. The number of alkyl halides is 1. The Morgan fingerprint density at radius 1 is 1.34 bits per heavy atom. The van der Waals surface area contributed by atoms with Gasteiger partial charge in [0.1, 0.15) is 17.7 Å². The fraction of sp³-hybridized carbons (Fsp3) is 0.400. The lowest BCUT2D eigenvalue weighted by molar-refractivity contribution is -0.113. The second-order valence-corrected chi connectivity index (χ2v) is 9.85. The molecule has 3 aromatic rings. The number of halogens is 1. The monoisotopic (exact) mass is 497 g/mol. The summed E-state index contributed by atoms with van der Waals surface area (Å²) in [5.74, 6) is 1.61. The van der Waals surface area contributed by atoms with Crippen molar-refractivity contribution in [2.45, 2.75) is 36.2 Å². The van der Waals surface area contributed by atoms with Crippen LogP contribution in [0.5, 0.6) is 5.75 Å². The molecule has 4 heterocycles. The maximum absolute atomic E-state index is 15.0. The van der Waals surface area contributed by atoms with E-state index in [9.17, 15) is 9.90 Å². The van der Waals surface area contributed by atoms with Crippen molar-refractivity contribution in [2.75, 3.05) is 37.8 Å². The molecule has 184 valence electrons. The molecule has 0 radical (unpaired) electrons. The van der Waals surface area contributed by atoms with Gasteiger partial charge in [-0.25, -0.2) is 9.37 Å². The van der Waals surface area contributed by atoms with E-state index in [1.807, 2.05) is 35.2 Å². The van der Waals surface area contributed by atoms with Crippen molar-refractivity contribution in [3.05, 3.63) is 53.9 Å². The van der Waals surface area contributed by atoms with E-state index in [0.717, 1.165) is 27.1 Å². The molecule has 2 aliphatic heterocycles. The minimum absolute atomic E-state index is 0.0580. The lowest BCUT2D eigenvalue weighted by Crippen LogP contribution is -2.51. The van der Waals surface area contributed by atoms with Crippen LogP contribution < -0.4 is 15.4 Å². The highest BCUT2D eigenvalue weighted by atomic mass is 32.2. The third kappa shape index (κ3) is 5.40. The molecule has 1 saturated heterocycles. The van der Waals surface area contributed by atoms with Crippen LogP contribution in [0, 0.1) is 0 Å². The van der Waals surface area contributed by atoms with Crippen LogP contribution in [0.4, 0.5) is 10.2 Å². The molecular formula is C25H28FN5O3S. The molecule has 2 aromatic heterocycles. The van der Waals surface area contributed by atoms with Crippen molar-refractivity contribution in [1.82, 2.24) is 20.2 Å². The second-order valence-electron chi connectivity index (χ2n) is 8.84. The predicted molar refractivity (Wildman–Crippen MR) is 133 cm³/mol. The largest absolute Gasteiger partial charge is 0.497 e. The number of likely N-dealkylation sites (tertiary alicyclic amines) is 1. The second kappa shape index (κ2) is 10.4. The molecule has 0 saturated carbocycles. The highest BCUT2D eigenvalue weighted by molar-refractivity contribution is 8.00. The van der Waals surface area contributed by atoms with E-state index >= 15 is 4.39 Å². The average Bonchev–Trinajstić information content (AvgIpc) is 2.87. The molecule has 5 rings (SSSR count). The molecule has 3 atom stereocenters. The number of amides is 1. The van der Waals surface area contributed by atoms with E-state index in [1.54, 1.807) is 19.4 Å². The number of aliphatic hydroxyl groups is 1. The van der Waals surface area contributed by atoms with Gasteiger partial charge in [-0.1, -0.05) is 0 Å². The maximum atomic E-state index is 15.0. The fourth-order valence-electron chi connectivity index (χ4n) is 4.61.